The predicted octanol–water partition coefficient (Wildman–Crippen LogP) is 0.359. The quantitative estimate of drug-likeness (QED) is 0.604. The van der Waals surface area contributed by atoms with E-state index in [1.54, 1.807) is 0 Å². The van der Waals surface area contributed by atoms with Crippen LogP contribution in [0.15, 0.2) is 0 Å². The smallest absolute Gasteiger partial charge is 0.207 e. The first-order valence-electron chi connectivity index (χ1n) is 4.84. The van der Waals surface area contributed by atoms with Crippen molar-refractivity contribution in [3.05, 3.63) is 0 Å². The minimum Gasteiger partial charge on any atom is -0.355 e. The number of carbonyl (C=O) groups is 1. The fraction of sp³-hybridized carbons (Fsp3) is 0.889. The Morgan fingerprint density at radius 3 is 2.92 bits per heavy atom. The zero-order valence-corrected chi connectivity index (χ0v) is 7.33. The number of hydrogen-bond donors (Lipinski definition) is 1. The molecule has 0 aromatic rings. The highest BCUT2D eigenvalue weighted by molar-refractivity contribution is 5.46. The molecule has 1 N–H and O–H groups in total. The minimum absolute atomic E-state index is 0.410. The molecule has 68 valence electrons. The normalized spacial score (nSPS) is 36.0. The molecule has 3 nitrogen and oxygen atoms in total. The largest absolute Gasteiger partial charge is 0.355 e. The van der Waals surface area contributed by atoms with E-state index in [1.165, 1.54) is 25.8 Å². The van der Waals surface area contributed by atoms with E-state index in [1.807, 2.05) is 0 Å². The zero-order valence-electron chi connectivity index (χ0n) is 7.33. The van der Waals surface area contributed by atoms with Crippen molar-refractivity contribution < 1.29 is 4.79 Å². The van der Waals surface area contributed by atoms with E-state index in [0.717, 1.165) is 25.4 Å². The molecule has 0 aliphatic carbocycles. The van der Waals surface area contributed by atoms with Gasteiger partial charge in [0.2, 0.25) is 6.41 Å². The van der Waals surface area contributed by atoms with Gasteiger partial charge in [-0.3, -0.25) is 9.69 Å². The molecule has 1 unspecified atom stereocenters. The fourth-order valence-corrected chi connectivity index (χ4v) is 2.27. The van der Waals surface area contributed by atoms with Gasteiger partial charge in [-0.2, -0.15) is 0 Å². The number of hydrogen-bond acceptors (Lipinski definition) is 2. The van der Waals surface area contributed by atoms with Gasteiger partial charge >= 0.3 is 0 Å². The van der Waals surface area contributed by atoms with Crippen molar-refractivity contribution in [2.24, 2.45) is 0 Å². The topological polar surface area (TPSA) is 32.3 Å². The summed E-state index contributed by atoms with van der Waals surface area (Å²) in [6, 6.07) is 1.25. The lowest BCUT2D eigenvalue weighted by atomic mass is 10.00. The van der Waals surface area contributed by atoms with Crippen LogP contribution in [0.25, 0.3) is 0 Å². The highest BCUT2D eigenvalue weighted by Gasteiger charge is 2.31. The molecule has 1 amide bonds. The average Bonchev–Trinajstić information content (AvgIpc) is 2.16. The summed E-state index contributed by atoms with van der Waals surface area (Å²) in [5.74, 6) is 0. The molecule has 0 bridgehead atoms. The summed E-state index contributed by atoms with van der Waals surface area (Å²) >= 11 is 0. The molecule has 12 heavy (non-hydrogen) atoms. The number of rotatable bonds is 2. The Kier molecular flexibility index (Phi) is 2.30. The number of amides is 1. The number of carbonyl (C=O) groups excluding carboxylic acids is 1. The van der Waals surface area contributed by atoms with Crippen molar-refractivity contribution >= 4 is 6.41 Å². The van der Waals surface area contributed by atoms with Crippen LogP contribution >= 0.6 is 0 Å². The summed E-state index contributed by atoms with van der Waals surface area (Å²) in [5.41, 5.74) is 0. The maximum atomic E-state index is 10.3. The molecule has 0 aromatic carbocycles. The van der Waals surface area contributed by atoms with E-state index in [2.05, 4.69) is 10.2 Å². The summed E-state index contributed by atoms with van der Waals surface area (Å²) in [5, 5.41) is 2.89. The van der Waals surface area contributed by atoms with Crippen LogP contribution in [0.1, 0.15) is 25.7 Å². The van der Waals surface area contributed by atoms with Gasteiger partial charge in [-0.05, 0) is 32.2 Å². The number of nitrogens with zero attached hydrogens (tertiary/aromatic N) is 1. The molecule has 0 aromatic heterocycles. The molecule has 2 aliphatic rings. The summed E-state index contributed by atoms with van der Waals surface area (Å²) < 4.78 is 0. The molecule has 2 fully saturated rings. The van der Waals surface area contributed by atoms with E-state index in [0.29, 0.717) is 6.04 Å². The van der Waals surface area contributed by atoms with Gasteiger partial charge in [0.1, 0.15) is 0 Å². The van der Waals surface area contributed by atoms with Crippen molar-refractivity contribution in [1.82, 2.24) is 10.2 Å². The van der Waals surface area contributed by atoms with E-state index in [-0.39, 0.29) is 0 Å². The molecule has 0 radical (unpaired) electrons. The second-order valence-electron chi connectivity index (χ2n) is 3.85. The maximum absolute atomic E-state index is 10.3. The molecule has 3 heteroatoms. The minimum atomic E-state index is 0.410. The average molecular weight is 168 g/mol. The first kappa shape index (κ1) is 8.05. The standard InChI is InChI=1S/C9H16N2O/c12-7-10-8-2-1-3-9-4-5-11(9)6-8/h7-9H,1-6H2,(H,10,12)/t8-,9?/m0/s1. The van der Waals surface area contributed by atoms with Gasteiger partial charge in [0, 0.05) is 18.6 Å². The summed E-state index contributed by atoms with van der Waals surface area (Å²) in [6.07, 6.45) is 5.97. The van der Waals surface area contributed by atoms with Crippen LogP contribution in [0.3, 0.4) is 0 Å². The first-order chi connectivity index (χ1) is 5.90. The first-order valence-corrected chi connectivity index (χ1v) is 4.84. The van der Waals surface area contributed by atoms with E-state index >= 15 is 0 Å². The van der Waals surface area contributed by atoms with Crippen LogP contribution in [0.2, 0.25) is 0 Å². The SMILES string of the molecule is O=CN[C@H]1CCCC2CCN2C1. The third kappa shape index (κ3) is 1.46. The number of nitrogens with one attached hydrogen (secondary N) is 1. The highest BCUT2D eigenvalue weighted by Crippen LogP contribution is 2.26. The lowest BCUT2D eigenvalue weighted by molar-refractivity contribution is -0.110. The van der Waals surface area contributed by atoms with Crippen LogP contribution in [0.4, 0.5) is 0 Å². The van der Waals surface area contributed by atoms with Gasteiger partial charge in [0.15, 0.2) is 0 Å². The molecule has 2 heterocycles. The van der Waals surface area contributed by atoms with E-state index in [9.17, 15) is 4.79 Å². The zero-order chi connectivity index (χ0) is 8.39. The van der Waals surface area contributed by atoms with Crippen LogP contribution < -0.4 is 5.32 Å². The van der Waals surface area contributed by atoms with Crippen LogP contribution in [-0.4, -0.2) is 36.5 Å². The molecule has 2 aliphatic heterocycles. The Balaban J connectivity index is 1.87. The Morgan fingerprint density at radius 2 is 2.25 bits per heavy atom. The van der Waals surface area contributed by atoms with Gasteiger partial charge in [-0.25, -0.2) is 0 Å². The Labute approximate surface area is 73.1 Å². The van der Waals surface area contributed by atoms with Crippen LogP contribution in [-0.2, 0) is 4.79 Å². The van der Waals surface area contributed by atoms with Gasteiger partial charge in [-0.1, -0.05) is 0 Å². The lowest BCUT2D eigenvalue weighted by Gasteiger charge is -2.40. The number of fused-ring (bicyclic) bond motifs is 1. The molecule has 0 saturated carbocycles. The van der Waals surface area contributed by atoms with Gasteiger partial charge < -0.3 is 5.32 Å². The summed E-state index contributed by atoms with van der Waals surface area (Å²) in [4.78, 5) is 12.8. The van der Waals surface area contributed by atoms with Crippen molar-refractivity contribution in [3.8, 4) is 0 Å². The Bertz CT molecular complexity index is 172. The maximum Gasteiger partial charge on any atom is 0.207 e. The lowest BCUT2D eigenvalue weighted by Crippen LogP contribution is -2.51. The molecular formula is C9H16N2O. The summed E-state index contributed by atoms with van der Waals surface area (Å²) in [7, 11) is 0. The Hall–Kier alpha value is -0.570. The summed E-state index contributed by atoms with van der Waals surface area (Å²) in [6.45, 7) is 2.31. The van der Waals surface area contributed by atoms with Gasteiger partial charge in [-0.15, -0.1) is 0 Å². The van der Waals surface area contributed by atoms with Crippen LogP contribution in [0, 0.1) is 0 Å². The van der Waals surface area contributed by atoms with Crippen molar-refractivity contribution in [2.45, 2.75) is 37.8 Å². The molecular weight excluding hydrogens is 152 g/mol. The molecule has 2 atom stereocenters. The van der Waals surface area contributed by atoms with E-state index in [4.69, 9.17) is 0 Å². The second-order valence-corrected chi connectivity index (χ2v) is 3.85. The third-order valence-corrected chi connectivity index (χ3v) is 3.11. The van der Waals surface area contributed by atoms with Crippen molar-refractivity contribution in [3.63, 3.8) is 0 Å². The molecule has 2 saturated heterocycles. The fourth-order valence-electron chi connectivity index (χ4n) is 2.27. The van der Waals surface area contributed by atoms with Gasteiger partial charge in [0.05, 0.1) is 0 Å². The monoisotopic (exact) mass is 168 g/mol. The molecule has 2 rings (SSSR count). The van der Waals surface area contributed by atoms with Crippen molar-refractivity contribution in [2.75, 3.05) is 13.1 Å². The third-order valence-electron chi connectivity index (χ3n) is 3.11. The second kappa shape index (κ2) is 3.44. The Morgan fingerprint density at radius 1 is 1.33 bits per heavy atom. The van der Waals surface area contributed by atoms with Crippen LogP contribution in [0.5, 0.6) is 0 Å². The highest BCUT2D eigenvalue weighted by atomic mass is 16.1. The molecule has 0 spiro atoms. The van der Waals surface area contributed by atoms with Crippen molar-refractivity contribution in [1.29, 1.82) is 0 Å². The van der Waals surface area contributed by atoms with E-state index < -0.39 is 0 Å². The van der Waals surface area contributed by atoms with Gasteiger partial charge in [0.25, 0.3) is 0 Å². The predicted molar refractivity (Wildman–Crippen MR) is 46.8 cm³/mol.